The lowest BCUT2D eigenvalue weighted by molar-refractivity contribution is -0.133. The number of aliphatic hydroxyl groups excluding tert-OH is 1. The third-order valence-corrected chi connectivity index (χ3v) is 4.32. The van der Waals surface area contributed by atoms with Crippen LogP contribution in [0.15, 0.2) is 42.5 Å². The molecule has 1 fully saturated rings. The zero-order chi connectivity index (χ0) is 16.9. The van der Waals surface area contributed by atoms with Crippen LogP contribution in [-0.2, 0) is 16.0 Å². The molecule has 0 radical (unpaired) electrons. The van der Waals surface area contributed by atoms with Gasteiger partial charge in [0.2, 0.25) is 11.8 Å². The predicted molar refractivity (Wildman–Crippen MR) is 92.5 cm³/mol. The van der Waals surface area contributed by atoms with Crippen molar-refractivity contribution in [1.29, 1.82) is 0 Å². The highest BCUT2D eigenvalue weighted by Gasteiger charge is 2.31. The van der Waals surface area contributed by atoms with Gasteiger partial charge in [-0.25, -0.2) is 0 Å². The molecule has 0 heterocycles. The standard InChI is InChI=1S/C19H22N2O3/c22-11-10-21(16-8-9-16)19(24)13-20-18(23)12-15-6-3-5-14-4-1-2-7-17(14)15/h1-7,16,22H,8-13H2,(H,20,23). The highest BCUT2D eigenvalue weighted by atomic mass is 16.3. The Kier molecular flexibility index (Phi) is 5.11. The summed E-state index contributed by atoms with van der Waals surface area (Å²) in [4.78, 5) is 26.0. The summed E-state index contributed by atoms with van der Waals surface area (Å²) < 4.78 is 0. The predicted octanol–water partition coefficient (Wildman–Crippen LogP) is 1.48. The molecule has 2 aromatic carbocycles. The van der Waals surface area contributed by atoms with E-state index in [1.807, 2.05) is 42.5 Å². The van der Waals surface area contributed by atoms with Gasteiger partial charge in [-0.1, -0.05) is 42.5 Å². The fourth-order valence-corrected chi connectivity index (χ4v) is 2.96. The van der Waals surface area contributed by atoms with Crippen LogP contribution in [0.5, 0.6) is 0 Å². The molecule has 0 aromatic heterocycles. The number of fused-ring (bicyclic) bond motifs is 1. The van der Waals surface area contributed by atoms with Crippen molar-refractivity contribution in [2.75, 3.05) is 19.7 Å². The van der Waals surface area contributed by atoms with E-state index in [9.17, 15) is 9.59 Å². The molecular weight excluding hydrogens is 304 g/mol. The van der Waals surface area contributed by atoms with E-state index in [0.717, 1.165) is 29.2 Å². The second kappa shape index (κ2) is 7.45. The smallest absolute Gasteiger partial charge is 0.242 e. The lowest BCUT2D eigenvalue weighted by atomic mass is 10.0. The number of carbonyl (C=O) groups is 2. The molecule has 3 rings (SSSR count). The lowest BCUT2D eigenvalue weighted by Crippen LogP contribution is -2.43. The molecule has 1 aliphatic rings. The Balaban J connectivity index is 1.58. The Morgan fingerprint density at radius 2 is 1.88 bits per heavy atom. The Morgan fingerprint density at radius 3 is 2.62 bits per heavy atom. The average molecular weight is 326 g/mol. The van der Waals surface area contributed by atoms with Crippen LogP contribution in [0, 0.1) is 0 Å². The van der Waals surface area contributed by atoms with E-state index in [1.165, 1.54) is 0 Å². The maximum atomic E-state index is 12.2. The normalized spacial score (nSPS) is 13.7. The van der Waals surface area contributed by atoms with Crippen LogP contribution in [0.4, 0.5) is 0 Å². The van der Waals surface area contributed by atoms with Crippen LogP contribution < -0.4 is 5.32 Å². The third-order valence-electron chi connectivity index (χ3n) is 4.32. The molecule has 2 aromatic rings. The Bertz CT molecular complexity index is 735. The topological polar surface area (TPSA) is 69.6 Å². The van der Waals surface area contributed by atoms with E-state index in [-0.39, 0.29) is 37.4 Å². The molecule has 2 N–H and O–H groups in total. The third kappa shape index (κ3) is 3.92. The van der Waals surface area contributed by atoms with Crippen LogP contribution in [-0.4, -0.2) is 47.6 Å². The summed E-state index contributed by atoms with van der Waals surface area (Å²) in [5.41, 5.74) is 0.951. The van der Waals surface area contributed by atoms with Crippen molar-refractivity contribution >= 4 is 22.6 Å². The zero-order valence-electron chi connectivity index (χ0n) is 13.6. The first kappa shape index (κ1) is 16.5. The minimum atomic E-state index is -0.167. The number of rotatable bonds is 7. The monoisotopic (exact) mass is 326 g/mol. The molecule has 1 aliphatic carbocycles. The molecule has 5 heteroatoms. The molecule has 5 nitrogen and oxygen atoms in total. The first-order valence-electron chi connectivity index (χ1n) is 8.32. The van der Waals surface area contributed by atoms with Gasteiger partial charge in [-0.15, -0.1) is 0 Å². The molecule has 0 atom stereocenters. The van der Waals surface area contributed by atoms with Gasteiger partial charge in [-0.05, 0) is 29.2 Å². The van der Waals surface area contributed by atoms with Crippen LogP contribution in [0.3, 0.4) is 0 Å². The molecule has 1 saturated carbocycles. The van der Waals surface area contributed by atoms with E-state index < -0.39 is 0 Å². The van der Waals surface area contributed by atoms with E-state index in [2.05, 4.69) is 5.32 Å². The second-order valence-electron chi connectivity index (χ2n) is 6.13. The van der Waals surface area contributed by atoms with Crippen molar-refractivity contribution in [2.45, 2.75) is 25.3 Å². The van der Waals surface area contributed by atoms with Crippen molar-refractivity contribution < 1.29 is 14.7 Å². The minimum absolute atomic E-state index is 0.0138. The summed E-state index contributed by atoms with van der Waals surface area (Å²) in [6, 6.07) is 14.1. The fourth-order valence-electron chi connectivity index (χ4n) is 2.96. The summed E-state index contributed by atoms with van der Waals surface area (Å²) in [6.07, 6.45) is 2.21. The Hall–Kier alpha value is -2.40. The summed E-state index contributed by atoms with van der Waals surface area (Å²) in [5, 5.41) is 13.9. The average Bonchev–Trinajstić information content (AvgIpc) is 3.43. The molecule has 0 bridgehead atoms. The quantitative estimate of drug-likeness (QED) is 0.810. The van der Waals surface area contributed by atoms with Crippen LogP contribution in [0.25, 0.3) is 10.8 Å². The largest absolute Gasteiger partial charge is 0.395 e. The maximum absolute atomic E-state index is 12.2. The molecule has 0 unspecified atom stereocenters. The number of amides is 2. The fraction of sp³-hybridized carbons (Fsp3) is 0.368. The summed E-state index contributed by atoms with van der Waals surface area (Å²) in [7, 11) is 0. The second-order valence-corrected chi connectivity index (χ2v) is 6.13. The Labute approximate surface area is 141 Å². The first-order valence-corrected chi connectivity index (χ1v) is 8.32. The van der Waals surface area contributed by atoms with Gasteiger partial charge in [0, 0.05) is 12.6 Å². The van der Waals surface area contributed by atoms with Crippen molar-refractivity contribution in [2.24, 2.45) is 0 Å². The number of carbonyl (C=O) groups excluding carboxylic acids is 2. The van der Waals surface area contributed by atoms with E-state index in [4.69, 9.17) is 5.11 Å². The van der Waals surface area contributed by atoms with Crippen molar-refractivity contribution in [3.63, 3.8) is 0 Å². The van der Waals surface area contributed by atoms with Gasteiger partial charge in [-0.2, -0.15) is 0 Å². The van der Waals surface area contributed by atoms with Gasteiger partial charge < -0.3 is 15.3 Å². The molecule has 24 heavy (non-hydrogen) atoms. The number of benzene rings is 2. The molecule has 126 valence electrons. The van der Waals surface area contributed by atoms with Crippen LogP contribution >= 0.6 is 0 Å². The number of hydrogen-bond acceptors (Lipinski definition) is 3. The summed E-state index contributed by atoms with van der Waals surface area (Å²) in [6.45, 7) is 0.273. The van der Waals surface area contributed by atoms with Gasteiger partial charge in [0.1, 0.15) is 0 Å². The van der Waals surface area contributed by atoms with Gasteiger partial charge in [-0.3, -0.25) is 9.59 Å². The first-order chi connectivity index (χ1) is 11.7. The SMILES string of the molecule is O=C(Cc1cccc2ccccc12)NCC(=O)N(CCO)C1CC1. The number of hydrogen-bond donors (Lipinski definition) is 2. The lowest BCUT2D eigenvalue weighted by Gasteiger charge is -2.21. The summed E-state index contributed by atoms with van der Waals surface area (Å²) in [5.74, 6) is -0.294. The van der Waals surface area contributed by atoms with Gasteiger partial charge in [0.15, 0.2) is 0 Å². The van der Waals surface area contributed by atoms with Crippen molar-refractivity contribution in [1.82, 2.24) is 10.2 Å². The highest BCUT2D eigenvalue weighted by molar-refractivity contribution is 5.91. The Morgan fingerprint density at radius 1 is 1.12 bits per heavy atom. The van der Waals surface area contributed by atoms with Crippen molar-refractivity contribution in [3.05, 3.63) is 48.0 Å². The molecule has 0 spiro atoms. The summed E-state index contributed by atoms with van der Waals surface area (Å²) >= 11 is 0. The minimum Gasteiger partial charge on any atom is -0.395 e. The number of nitrogens with zero attached hydrogens (tertiary/aromatic N) is 1. The molecule has 0 aliphatic heterocycles. The molecule has 0 saturated heterocycles. The number of aliphatic hydroxyl groups is 1. The van der Waals surface area contributed by atoms with Crippen LogP contribution in [0.2, 0.25) is 0 Å². The zero-order valence-corrected chi connectivity index (χ0v) is 13.6. The molecule has 2 amide bonds. The van der Waals surface area contributed by atoms with E-state index in [0.29, 0.717) is 6.54 Å². The van der Waals surface area contributed by atoms with E-state index >= 15 is 0 Å². The maximum Gasteiger partial charge on any atom is 0.242 e. The van der Waals surface area contributed by atoms with E-state index in [1.54, 1.807) is 4.90 Å². The van der Waals surface area contributed by atoms with Gasteiger partial charge in [0.25, 0.3) is 0 Å². The van der Waals surface area contributed by atoms with Gasteiger partial charge in [0.05, 0.1) is 19.6 Å². The highest BCUT2D eigenvalue weighted by Crippen LogP contribution is 2.26. The van der Waals surface area contributed by atoms with Crippen LogP contribution in [0.1, 0.15) is 18.4 Å². The van der Waals surface area contributed by atoms with Gasteiger partial charge >= 0.3 is 0 Å². The number of nitrogens with one attached hydrogen (secondary N) is 1. The van der Waals surface area contributed by atoms with Crippen molar-refractivity contribution in [3.8, 4) is 0 Å². The molecular formula is C19H22N2O3.